The molecular formula is C21H26N4O. The van der Waals surface area contributed by atoms with Gasteiger partial charge in [-0.2, -0.15) is 0 Å². The number of piperidine rings is 1. The van der Waals surface area contributed by atoms with Crippen molar-refractivity contribution in [3.05, 3.63) is 47.4 Å². The molecular weight excluding hydrogens is 324 g/mol. The lowest BCUT2D eigenvalue weighted by molar-refractivity contribution is 0.0691. The molecule has 0 N–H and O–H groups in total. The number of para-hydroxylation sites is 1. The number of fused-ring (bicyclic) bond motifs is 1. The van der Waals surface area contributed by atoms with E-state index in [4.69, 9.17) is 0 Å². The van der Waals surface area contributed by atoms with Crippen LogP contribution in [-0.2, 0) is 6.42 Å². The van der Waals surface area contributed by atoms with Crippen molar-refractivity contribution in [2.45, 2.75) is 46.1 Å². The molecule has 0 spiro atoms. The van der Waals surface area contributed by atoms with Crippen molar-refractivity contribution in [2.75, 3.05) is 18.0 Å². The molecule has 0 bridgehead atoms. The molecule has 5 nitrogen and oxygen atoms in total. The molecule has 1 fully saturated rings. The third-order valence-electron chi connectivity index (χ3n) is 5.57. The number of anilines is 2. The van der Waals surface area contributed by atoms with Crippen LogP contribution in [-0.4, -0.2) is 39.9 Å². The van der Waals surface area contributed by atoms with Gasteiger partial charge in [-0.15, -0.1) is 0 Å². The molecule has 1 amide bonds. The van der Waals surface area contributed by atoms with Gasteiger partial charge in [-0.3, -0.25) is 4.79 Å². The van der Waals surface area contributed by atoms with E-state index in [2.05, 4.69) is 53.0 Å². The van der Waals surface area contributed by atoms with Crippen molar-refractivity contribution in [3.8, 4) is 0 Å². The van der Waals surface area contributed by atoms with Gasteiger partial charge in [0.15, 0.2) is 0 Å². The molecule has 2 aliphatic heterocycles. The number of benzene rings is 1. The lowest BCUT2D eigenvalue weighted by Crippen LogP contribution is -2.38. The van der Waals surface area contributed by atoms with E-state index in [1.807, 2.05) is 17.9 Å². The Morgan fingerprint density at radius 1 is 1.12 bits per heavy atom. The number of rotatable bonds is 2. The maximum Gasteiger partial charge on any atom is 0.272 e. The zero-order chi connectivity index (χ0) is 18.3. The van der Waals surface area contributed by atoms with Crippen LogP contribution < -0.4 is 4.90 Å². The summed E-state index contributed by atoms with van der Waals surface area (Å²) in [6.45, 7) is 7.96. The molecule has 4 rings (SSSR count). The van der Waals surface area contributed by atoms with Crippen LogP contribution in [0.5, 0.6) is 0 Å². The molecule has 5 heteroatoms. The standard InChI is InChI=1S/C21H26N4O/c1-14-8-10-24(11-9-14)21(26)18-13-20(23-16(3)22-18)25-15(2)12-17-6-4-5-7-19(17)25/h4-7,13-15H,8-12H2,1-3H3. The number of carbonyl (C=O) groups is 1. The first-order valence-electron chi connectivity index (χ1n) is 9.55. The van der Waals surface area contributed by atoms with Gasteiger partial charge in [-0.25, -0.2) is 9.97 Å². The first-order valence-corrected chi connectivity index (χ1v) is 9.55. The van der Waals surface area contributed by atoms with E-state index < -0.39 is 0 Å². The fourth-order valence-electron chi connectivity index (χ4n) is 4.07. The number of aromatic nitrogens is 2. The Bertz CT molecular complexity index is 827. The maximum absolute atomic E-state index is 13.0. The second kappa shape index (κ2) is 6.71. The molecule has 1 aromatic heterocycles. The third-order valence-corrected chi connectivity index (χ3v) is 5.57. The molecule has 3 heterocycles. The third kappa shape index (κ3) is 3.06. The van der Waals surface area contributed by atoms with Gasteiger partial charge in [-0.05, 0) is 50.7 Å². The Kier molecular flexibility index (Phi) is 4.39. The van der Waals surface area contributed by atoms with Crippen LogP contribution in [0.1, 0.15) is 48.6 Å². The lowest BCUT2D eigenvalue weighted by atomic mass is 9.99. The van der Waals surface area contributed by atoms with E-state index >= 15 is 0 Å². The minimum absolute atomic E-state index is 0.0313. The summed E-state index contributed by atoms with van der Waals surface area (Å²) in [5.74, 6) is 2.20. The molecule has 1 atom stereocenters. The largest absolute Gasteiger partial charge is 0.337 e. The van der Waals surface area contributed by atoms with Crippen LogP contribution in [0.25, 0.3) is 0 Å². The van der Waals surface area contributed by atoms with Crippen molar-refractivity contribution in [1.82, 2.24) is 14.9 Å². The van der Waals surface area contributed by atoms with Gasteiger partial charge in [-0.1, -0.05) is 25.1 Å². The first-order chi connectivity index (χ1) is 12.5. The molecule has 26 heavy (non-hydrogen) atoms. The maximum atomic E-state index is 13.0. The Morgan fingerprint density at radius 3 is 2.62 bits per heavy atom. The molecule has 2 aliphatic rings. The van der Waals surface area contributed by atoms with E-state index in [-0.39, 0.29) is 5.91 Å². The number of hydrogen-bond donors (Lipinski definition) is 0. The molecule has 0 radical (unpaired) electrons. The van der Waals surface area contributed by atoms with E-state index in [9.17, 15) is 4.79 Å². The highest BCUT2D eigenvalue weighted by atomic mass is 16.2. The fraction of sp³-hybridized carbons (Fsp3) is 0.476. The SMILES string of the molecule is Cc1nc(C(=O)N2CCC(C)CC2)cc(N2c3ccccc3CC2C)n1. The Morgan fingerprint density at radius 2 is 1.85 bits per heavy atom. The van der Waals surface area contributed by atoms with Crippen molar-refractivity contribution in [3.63, 3.8) is 0 Å². The summed E-state index contributed by atoms with van der Waals surface area (Å²) in [4.78, 5) is 26.2. The number of hydrogen-bond acceptors (Lipinski definition) is 4. The average Bonchev–Trinajstić information content (AvgIpc) is 2.97. The molecule has 0 saturated carbocycles. The highest BCUT2D eigenvalue weighted by Gasteiger charge is 2.29. The summed E-state index contributed by atoms with van der Waals surface area (Å²) in [6.07, 6.45) is 3.13. The molecule has 1 aromatic carbocycles. The summed E-state index contributed by atoms with van der Waals surface area (Å²) in [5.41, 5.74) is 3.02. The molecule has 136 valence electrons. The number of amides is 1. The fourth-order valence-corrected chi connectivity index (χ4v) is 4.07. The summed E-state index contributed by atoms with van der Waals surface area (Å²) >= 11 is 0. The van der Waals surface area contributed by atoms with Crippen LogP contribution in [0.15, 0.2) is 30.3 Å². The van der Waals surface area contributed by atoms with Crippen LogP contribution in [0.3, 0.4) is 0 Å². The number of aryl methyl sites for hydroxylation is 1. The lowest BCUT2D eigenvalue weighted by Gasteiger charge is -2.30. The van der Waals surface area contributed by atoms with Gasteiger partial charge >= 0.3 is 0 Å². The minimum Gasteiger partial charge on any atom is -0.337 e. The van der Waals surface area contributed by atoms with Gasteiger partial charge in [0.1, 0.15) is 17.3 Å². The average molecular weight is 350 g/mol. The quantitative estimate of drug-likeness (QED) is 0.828. The monoisotopic (exact) mass is 350 g/mol. The van der Waals surface area contributed by atoms with Crippen molar-refractivity contribution in [2.24, 2.45) is 5.92 Å². The number of nitrogens with zero attached hydrogens (tertiary/aromatic N) is 4. The highest BCUT2D eigenvalue weighted by Crippen LogP contribution is 2.37. The Labute approximate surface area is 155 Å². The summed E-state index contributed by atoms with van der Waals surface area (Å²) in [5, 5.41) is 0. The van der Waals surface area contributed by atoms with Crippen molar-refractivity contribution >= 4 is 17.4 Å². The van der Waals surface area contributed by atoms with Gasteiger partial charge in [0.2, 0.25) is 0 Å². The molecule has 0 aliphatic carbocycles. The van der Waals surface area contributed by atoms with Crippen molar-refractivity contribution < 1.29 is 4.79 Å². The van der Waals surface area contributed by atoms with E-state index in [1.54, 1.807) is 0 Å². The van der Waals surface area contributed by atoms with Gasteiger partial charge in [0, 0.05) is 30.9 Å². The first kappa shape index (κ1) is 17.0. The van der Waals surface area contributed by atoms with Gasteiger partial charge in [0.25, 0.3) is 5.91 Å². The van der Waals surface area contributed by atoms with E-state index in [0.717, 1.165) is 38.2 Å². The normalized spacial score (nSPS) is 20.3. The molecule has 1 saturated heterocycles. The number of likely N-dealkylation sites (tertiary alicyclic amines) is 1. The van der Waals surface area contributed by atoms with Crippen LogP contribution in [0, 0.1) is 12.8 Å². The Hall–Kier alpha value is -2.43. The second-order valence-corrected chi connectivity index (χ2v) is 7.69. The molecule has 2 aromatic rings. The number of carbonyl (C=O) groups excluding carboxylic acids is 1. The zero-order valence-electron chi connectivity index (χ0n) is 15.8. The van der Waals surface area contributed by atoms with E-state index in [1.165, 1.54) is 11.3 Å². The second-order valence-electron chi connectivity index (χ2n) is 7.69. The van der Waals surface area contributed by atoms with Crippen LogP contribution in [0.4, 0.5) is 11.5 Å². The Balaban J connectivity index is 1.66. The smallest absolute Gasteiger partial charge is 0.272 e. The topological polar surface area (TPSA) is 49.3 Å². The predicted octanol–water partition coefficient (Wildman–Crippen LogP) is 3.74. The van der Waals surface area contributed by atoms with E-state index in [0.29, 0.717) is 23.5 Å². The van der Waals surface area contributed by atoms with Crippen LogP contribution >= 0.6 is 0 Å². The molecule has 1 unspecified atom stereocenters. The zero-order valence-corrected chi connectivity index (χ0v) is 15.8. The predicted molar refractivity (Wildman–Crippen MR) is 103 cm³/mol. The summed E-state index contributed by atoms with van der Waals surface area (Å²) in [6, 6.07) is 10.6. The van der Waals surface area contributed by atoms with Gasteiger partial charge in [0.05, 0.1) is 0 Å². The minimum atomic E-state index is 0.0313. The van der Waals surface area contributed by atoms with Crippen molar-refractivity contribution in [1.29, 1.82) is 0 Å². The highest BCUT2D eigenvalue weighted by molar-refractivity contribution is 5.93. The van der Waals surface area contributed by atoms with Gasteiger partial charge < -0.3 is 9.80 Å². The van der Waals surface area contributed by atoms with Crippen LogP contribution in [0.2, 0.25) is 0 Å². The summed E-state index contributed by atoms with van der Waals surface area (Å²) in [7, 11) is 0. The summed E-state index contributed by atoms with van der Waals surface area (Å²) < 4.78 is 0.